The zero-order valence-electron chi connectivity index (χ0n) is 13.9. The van der Waals surface area contributed by atoms with Crippen molar-refractivity contribution in [2.75, 3.05) is 13.7 Å². The monoisotopic (exact) mass is 369 g/mol. The van der Waals surface area contributed by atoms with Crippen LogP contribution in [-0.4, -0.2) is 27.7 Å². The van der Waals surface area contributed by atoms with Gasteiger partial charge in [0.25, 0.3) is 0 Å². The van der Waals surface area contributed by atoms with Crippen LogP contribution in [-0.2, 0) is 14.8 Å². The molecule has 1 aromatic rings. The van der Waals surface area contributed by atoms with Gasteiger partial charge < -0.3 is 4.74 Å². The van der Waals surface area contributed by atoms with Crippen LogP contribution in [0.3, 0.4) is 0 Å². The molecule has 4 nitrogen and oxygen atoms in total. The van der Waals surface area contributed by atoms with Crippen LogP contribution in [0.25, 0.3) is 0 Å². The van der Waals surface area contributed by atoms with E-state index in [1.165, 1.54) is 32.1 Å². The molecular formula is C18H24ClNO3S. The van der Waals surface area contributed by atoms with Crippen molar-refractivity contribution in [1.29, 1.82) is 0 Å². The molecule has 0 heterocycles. The Morgan fingerprint density at radius 3 is 2.25 bits per heavy atom. The van der Waals surface area contributed by atoms with E-state index in [9.17, 15) is 8.42 Å². The van der Waals surface area contributed by atoms with Crippen LogP contribution in [0.15, 0.2) is 29.2 Å². The molecule has 1 aromatic carbocycles. The molecule has 0 unspecified atom stereocenters. The summed E-state index contributed by atoms with van der Waals surface area (Å²) in [5, 5.41) is 0.251. The summed E-state index contributed by atoms with van der Waals surface area (Å²) in [6.45, 7) is 0.339. The van der Waals surface area contributed by atoms with Gasteiger partial charge in [0.15, 0.2) is 0 Å². The Balaban J connectivity index is 1.57. The summed E-state index contributed by atoms with van der Waals surface area (Å²) in [6, 6.07) is 6.57. The summed E-state index contributed by atoms with van der Waals surface area (Å²) in [5.41, 5.74) is -0.359. The van der Waals surface area contributed by atoms with Gasteiger partial charge in [0.1, 0.15) is 4.90 Å². The number of hydrogen-bond acceptors (Lipinski definition) is 3. The summed E-state index contributed by atoms with van der Waals surface area (Å²) < 4.78 is 34.2. The fourth-order valence-electron chi connectivity index (χ4n) is 5.62. The summed E-state index contributed by atoms with van der Waals surface area (Å²) in [4.78, 5) is 0.140. The third-order valence-corrected chi connectivity index (χ3v) is 8.47. The van der Waals surface area contributed by atoms with Crippen LogP contribution < -0.4 is 4.72 Å². The maximum atomic E-state index is 12.7. The first-order chi connectivity index (χ1) is 11.4. The van der Waals surface area contributed by atoms with Crippen molar-refractivity contribution in [2.24, 2.45) is 23.7 Å². The van der Waals surface area contributed by atoms with Gasteiger partial charge in [-0.3, -0.25) is 0 Å². The molecule has 1 N–H and O–H groups in total. The Hall–Kier alpha value is -0.620. The van der Waals surface area contributed by atoms with Crippen molar-refractivity contribution in [3.63, 3.8) is 0 Å². The Morgan fingerprint density at radius 2 is 1.71 bits per heavy atom. The van der Waals surface area contributed by atoms with Crippen molar-refractivity contribution in [1.82, 2.24) is 4.72 Å². The Kier molecular flexibility index (Phi) is 4.19. The van der Waals surface area contributed by atoms with Crippen LogP contribution in [0.5, 0.6) is 0 Å². The highest BCUT2D eigenvalue weighted by molar-refractivity contribution is 7.89. The molecule has 132 valence electrons. The van der Waals surface area contributed by atoms with Crippen LogP contribution in [0, 0.1) is 23.7 Å². The molecule has 0 atom stereocenters. The summed E-state index contributed by atoms with van der Waals surface area (Å²) >= 11 is 6.07. The fraction of sp³-hybridized carbons (Fsp3) is 0.667. The predicted molar refractivity (Wildman–Crippen MR) is 93.4 cm³/mol. The average molecular weight is 370 g/mol. The van der Waals surface area contributed by atoms with Gasteiger partial charge in [-0.2, -0.15) is 0 Å². The summed E-state index contributed by atoms with van der Waals surface area (Å²) in [5.74, 6) is 2.56. The van der Waals surface area contributed by atoms with E-state index in [2.05, 4.69) is 4.72 Å². The molecule has 0 amide bonds. The van der Waals surface area contributed by atoms with Crippen LogP contribution in [0.1, 0.15) is 32.1 Å². The number of sulfonamides is 1. The molecule has 4 bridgehead atoms. The highest BCUT2D eigenvalue weighted by Crippen LogP contribution is 2.59. The fourth-order valence-corrected chi connectivity index (χ4v) is 7.22. The van der Waals surface area contributed by atoms with Gasteiger partial charge >= 0.3 is 0 Å². The third-order valence-electron chi connectivity index (χ3n) is 6.56. The standard InChI is InChI=1S/C18H24ClNO3S/c1-23-18(14-7-12-6-13(9-14)10-15(18)8-12)11-20-24(21,22)17-5-3-2-4-16(17)19/h2-5,12-15,20H,6-11H2,1H3. The first-order valence-electron chi connectivity index (χ1n) is 8.74. The van der Waals surface area contributed by atoms with Crippen molar-refractivity contribution in [2.45, 2.75) is 42.6 Å². The average Bonchev–Trinajstić information content (AvgIpc) is 2.54. The topological polar surface area (TPSA) is 55.4 Å². The highest BCUT2D eigenvalue weighted by atomic mass is 35.5. The number of rotatable bonds is 5. The Morgan fingerprint density at radius 1 is 1.12 bits per heavy atom. The highest BCUT2D eigenvalue weighted by Gasteiger charge is 2.57. The van der Waals surface area contributed by atoms with E-state index in [-0.39, 0.29) is 15.5 Å². The number of halogens is 1. The van der Waals surface area contributed by atoms with Gasteiger partial charge in [-0.25, -0.2) is 13.1 Å². The van der Waals surface area contributed by atoms with Gasteiger partial charge in [-0.1, -0.05) is 23.7 Å². The molecule has 0 saturated heterocycles. The summed E-state index contributed by atoms with van der Waals surface area (Å²) in [7, 11) is -1.89. The van der Waals surface area contributed by atoms with Gasteiger partial charge in [0.2, 0.25) is 10.0 Å². The van der Waals surface area contributed by atoms with Crippen molar-refractivity contribution >= 4 is 21.6 Å². The molecule has 4 aliphatic carbocycles. The molecular weight excluding hydrogens is 346 g/mol. The van der Waals surface area contributed by atoms with Crippen LogP contribution in [0.4, 0.5) is 0 Å². The van der Waals surface area contributed by atoms with Gasteiger partial charge in [0.05, 0.1) is 10.6 Å². The maximum Gasteiger partial charge on any atom is 0.242 e. The number of benzene rings is 1. The van der Waals surface area contributed by atoms with Gasteiger partial charge in [-0.15, -0.1) is 0 Å². The largest absolute Gasteiger partial charge is 0.376 e. The van der Waals surface area contributed by atoms with Gasteiger partial charge in [0, 0.05) is 13.7 Å². The number of methoxy groups -OCH3 is 1. The van der Waals surface area contributed by atoms with E-state index in [1.54, 1.807) is 31.4 Å². The zero-order valence-corrected chi connectivity index (χ0v) is 15.4. The lowest BCUT2D eigenvalue weighted by molar-refractivity contribution is -0.185. The first kappa shape index (κ1) is 16.8. The number of nitrogens with one attached hydrogen (secondary N) is 1. The summed E-state index contributed by atoms with van der Waals surface area (Å²) in [6.07, 6.45) is 6.06. The van der Waals surface area contributed by atoms with E-state index >= 15 is 0 Å². The molecule has 4 aliphatic rings. The van der Waals surface area contributed by atoms with E-state index in [0.29, 0.717) is 18.4 Å². The Labute approximate surface area is 149 Å². The predicted octanol–water partition coefficient (Wildman–Crippen LogP) is 3.46. The second-order valence-corrected chi connectivity index (χ2v) is 9.86. The van der Waals surface area contributed by atoms with E-state index in [4.69, 9.17) is 16.3 Å². The second-order valence-electron chi connectivity index (χ2n) is 7.72. The molecule has 24 heavy (non-hydrogen) atoms. The lowest BCUT2D eigenvalue weighted by Gasteiger charge is -2.60. The van der Waals surface area contributed by atoms with Crippen molar-refractivity contribution in [3.05, 3.63) is 29.3 Å². The minimum atomic E-state index is -3.63. The maximum absolute atomic E-state index is 12.7. The smallest absolute Gasteiger partial charge is 0.242 e. The van der Waals surface area contributed by atoms with Gasteiger partial charge in [-0.05, 0) is 67.9 Å². The lowest BCUT2D eigenvalue weighted by Crippen LogP contribution is -2.63. The van der Waals surface area contributed by atoms with Crippen molar-refractivity contribution < 1.29 is 13.2 Å². The number of hydrogen-bond donors (Lipinski definition) is 1. The first-order valence-corrected chi connectivity index (χ1v) is 10.6. The third kappa shape index (κ3) is 2.61. The zero-order chi connectivity index (χ0) is 16.9. The minimum Gasteiger partial charge on any atom is -0.376 e. The molecule has 0 aromatic heterocycles. The Bertz CT molecular complexity index is 706. The molecule has 6 heteroatoms. The molecule has 0 aliphatic heterocycles. The molecule has 4 saturated carbocycles. The van der Waals surface area contributed by atoms with Crippen molar-refractivity contribution in [3.8, 4) is 0 Å². The van der Waals surface area contributed by atoms with E-state index in [0.717, 1.165) is 11.8 Å². The van der Waals surface area contributed by atoms with E-state index < -0.39 is 10.0 Å². The lowest BCUT2D eigenvalue weighted by atomic mass is 9.50. The van der Waals surface area contributed by atoms with Crippen LogP contribution >= 0.6 is 11.6 Å². The van der Waals surface area contributed by atoms with E-state index in [1.807, 2.05) is 0 Å². The number of ether oxygens (including phenoxy) is 1. The quantitative estimate of drug-likeness (QED) is 0.864. The second kappa shape index (κ2) is 5.97. The van der Waals surface area contributed by atoms with Crippen LogP contribution in [0.2, 0.25) is 5.02 Å². The SMILES string of the molecule is COC1(CNS(=O)(=O)c2ccccc2Cl)C2CC3CC(C2)CC1C3. The minimum absolute atomic E-state index is 0.140. The molecule has 0 spiro atoms. The molecule has 0 radical (unpaired) electrons. The molecule has 4 fully saturated rings. The molecule has 5 rings (SSSR count). The normalized spacial score (nSPS) is 37.8.